The van der Waals surface area contributed by atoms with E-state index in [-0.39, 0.29) is 17.6 Å². The molecule has 0 saturated carbocycles. The van der Waals surface area contributed by atoms with Crippen LogP contribution in [0.4, 0.5) is 0 Å². The van der Waals surface area contributed by atoms with E-state index in [2.05, 4.69) is 31.8 Å². The Bertz CT molecular complexity index is 961. The lowest BCUT2D eigenvalue weighted by molar-refractivity contribution is -0.119. The van der Waals surface area contributed by atoms with Crippen molar-refractivity contribution in [2.75, 3.05) is 5.75 Å². The molecule has 0 aliphatic heterocycles. The number of pyridine rings is 1. The van der Waals surface area contributed by atoms with Gasteiger partial charge in [0.2, 0.25) is 5.91 Å². The average molecular weight is 430 g/mol. The van der Waals surface area contributed by atoms with Crippen molar-refractivity contribution in [3.05, 3.63) is 70.2 Å². The number of amides is 2. The number of para-hydroxylation sites is 1. The molecule has 0 aliphatic carbocycles. The molecule has 0 radical (unpaired) electrons. The predicted octanol–water partition coefficient (Wildman–Crippen LogP) is 3.86. The number of aromatic nitrogens is 1. The molecule has 5 nitrogen and oxygen atoms in total. The number of fused-ring (bicyclic) bond motifs is 1. The number of hydrogen-bond donors (Lipinski definition) is 2. The molecule has 0 bridgehead atoms. The fraction of sp³-hybridized carbons (Fsp3) is 0.105. The zero-order valence-corrected chi connectivity index (χ0v) is 16.4. The van der Waals surface area contributed by atoms with Crippen LogP contribution in [-0.2, 0) is 4.79 Å². The molecule has 3 rings (SSSR count). The number of nitrogens with one attached hydrogen (secondary N) is 2. The first kappa shape index (κ1) is 18.4. The van der Waals surface area contributed by atoms with E-state index in [1.54, 1.807) is 24.3 Å². The van der Waals surface area contributed by atoms with Crippen molar-refractivity contribution in [2.24, 2.45) is 0 Å². The molecular weight excluding hydrogens is 414 g/mol. The molecule has 0 aliphatic rings. The lowest BCUT2D eigenvalue weighted by Crippen LogP contribution is -2.42. The van der Waals surface area contributed by atoms with Gasteiger partial charge in [0.25, 0.3) is 5.91 Å². The van der Waals surface area contributed by atoms with Crippen LogP contribution in [0.25, 0.3) is 10.9 Å². The highest BCUT2D eigenvalue weighted by molar-refractivity contribution is 9.10. The summed E-state index contributed by atoms with van der Waals surface area (Å²) in [5.74, 6) is -0.505. The van der Waals surface area contributed by atoms with Gasteiger partial charge in [-0.3, -0.25) is 20.4 Å². The molecule has 1 aromatic heterocycles. The summed E-state index contributed by atoms with van der Waals surface area (Å²) in [7, 11) is 0. The maximum absolute atomic E-state index is 12.0. The molecule has 2 N–H and O–H groups in total. The number of hydrogen-bond acceptors (Lipinski definition) is 4. The van der Waals surface area contributed by atoms with Crippen LogP contribution in [-0.4, -0.2) is 22.6 Å². The molecule has 2 aromatic carbocycles. The molecule has 1 heterocycles. The Hall–Kier alpha value is -2.38. The normalized spacial score (nSPS) is 10.5. The molecule has 0 spiro atoms. The lowest BCUT2D eigenvalue weighted by atomic mass is 10.1. The van der Waals surface area contributed by atoms with Crippen molar-refractivity contribution < 1.29 is 9.59 Å². The third kappa shape index (κ3) is 4.62. The molecule has 132 valence electrons. The van der Waals surface area contributed by atoms with E-state index in [1.807, 2.05) is 37.3 Å². The number of nitrogens with zero attached hydrogens (tertiary/aromatic N) is 1. The molecular formula is C19H16BrN3O2S. The van der Waals surface area contributed by atoms with Gasteiger partial charge in [0.15, 0.2) is 0 Å². The van der Waals surface area contributed by atoms with Crippen LogP contribution in [0.2, 0.25) is 0 Å². The largest absolute Gasteiger partial charge is 0.272 e. The van der Waals surface area contributed by atoms with E-state index >= 15 is 0 Å². The third-order valence-electron chi connectivity index (χ3n) is 3.67. The number of halogens is 1. The molecule has 0 saturated heterocycles. The highest BCUT2D eigenvalue weighted by Crippen LogP contribution is 2.23. The van der Waals surface area contributed by atoms with Crippen LogP contribution >= 0.6 is 27.7 Å². The Balaban J connectivity index is 1.54. The smallest absolute Gasteiger partial charge is 0.269 e. The standard InChI is InChI=1S/C19H16BrN3O2S/c1-12-10-18(21-16-5-3-2-4-15(12)16)26-11-17(24)22-23-19(25)13-6-8-14(20)9-7-13/h2-10H,11H2,1H3,(H,22,24)(H,23,25). The highest BCUT2D eigenvalue weighted by atomic mass is 79.9. The molecule has 3 aromatic rings. The summed E-state index contributed by atoms with van der Waals surface area (Å²) < 4.78 is 0.882. The molecule has 0 unspecified atom stereocenters. The van der Waals surface area contributed by atoms with Gasteiger partial charge >= 0.3 is 0 Å². The van der Waals surface area contributed by atoms with Gasteiger partial charge in [-0.15, -0.1) is 0 Å². The minimum absolute atomic E-state index is 0.158. The fourth-order valence-corrected chi connectivity index (χ4v) is 3.41. The second kappa shape index (κ2) is 8.33. The van der Waals surface area contributed by atoms with Gasteiger partial charge in [0.05, 0.1) is 16.3 Å². The summed E-state index contributed by atoms with van der Waals surface area (Å²) >= 11 is 4.64. The van der Waals surface area contributed by atoms with Gasteiger partial charge in [-0.2, -0.15) is 0 Å². The van der Waals surface area contributed by atoms with Crippen LogP contribution in [0, 0.1) is 6.92 Å². The van der Waals surface area contributed by atoms with Crippen molar-refractivity contribution in [1.29, 1.82) is 0 Å². The summed E-state index contributed by atoms with van der Waals surface area (Å²) in [4.78, 5) is 28.5. The Kier molecular flexibility index (Phi) is 5.90. The van der Waals surface area contributed by atoms with Gasteiger partial charge < -0.3 is 0 Å². The van der Waals surface area contributed by atoms with Crippen LogP contribution in [0.15, 0.2) is 64.1 Å². The van der Waals surface area contributed by atoms with Gasteiger partial charge in [-0.05, 0) is 48.9 Å². The van der Waals surface area contributed by atoms with Crippen LogP contribution in [0.5, 0.6) is 0 Å². The van der Waals surface area contributed by atoms with E-state index in [9.17, 15) is 9.59 Å². The quantitative estimate of drug-likeness (QED) is 0.487. The lowest BCUT2D eigenvalue weighted by Gasteiger charge is -2.08. The van der Waals surface area contributed by atoms with Crippen LogP contribution in [0.1, 0.15) is 15.9 Å². The summed E-state index contributed by atoms with van der Waals surface area (Å²) in [6, 6.07) is 16.7. The first-order chi connectivity index (χ1) is 12.5. The van der Waals surface area contributed by atoms with Crippen molar-refractivity contribution in [3.8, 4) is 0 Å². The number of benzene rings is 2. The number of rotatable bonds is 4. The first-order valence-electron chi connectivity index (χ1n) is 7.87. The Morgan fingerprint density at radius 3 is 2.58 bits per heavy atom. The molecule has 26 heavy (non-hydrogen) atoms. The van der Waals surface area contributed by atoms with Crippen molar-refractivity contribution >= 4 is 50.4 Å². The Morgan fingerprint density at radius 1 is 1.08 bits per heavy atom. The third-order valence-corrected chi connectivity index (χ3v) is 5.11. The van der Waals surface area contributed by atoms with E-state index < -0.39 is 0 Å². The number of thioether (sulfide) groups is 1. The van der Waals surface area contributed by atoms with Crippen molar-refractivity contribution in [3.63, 3.8) is 0 Å². The summed E-state index contributed by atoms with van der Waals surface area (Å²) in [6.07, 6.45) is 0. The van der Waals surface area contributed by atoms with E-state index in [0.29, 0.717) is 5.56 Å². The van der Waals surface area contributed by atoms with Crippen molar-refractivity contribution in [2.45, 2.75) is 11.9 Å². The second-order valence-corrected chi connectivity index (χ2v) is 7.50. The molecule has 0 fully saturated rings. The second-order valence-electron chi connectivity index (χ2n) is 5.59. The van der Waals surface area contributed by atoms with Gasteiger partial charge in [-0.25, -0.2) is 4.98 Å². The highest BCUT2D eigenvalue weighted by Gasteiger charge is 2.09. The molecule has 2 amide bonds. The van der Waals surface area contributed by atoms with Crippen LogP contribution < -0.4 is 10.9 Å². The Labute approximate surface area is 163 Å². The van der Waals surface area contributed by atoms with Gasteiger partial charge in [-0.1, -0.05) is 45.9 Å². The topological polar surface area (TPSA) is 71.1 Å². The number of carbonyl (C=O) groups is 2. The van der Waals surface area contributed by atoms with E-state index in [1.165, 1.54) is 11.8 Å². The van der Waals surface area contributed by atoms with E-state index in [0.717, 1.165) is 26.0 Å². The number of aryl methyl sites for hydroxylation is 1. The minimum atomic E-state index is -0.365. The molecule has 7 heteroatoms. The Morgan fingerprint density at radius 2 is 1.81 bits per heavy atom. The number of carbonyl (C=O) groups excluding carboxylic acids is 2. The maximum atomic E-state index is 12.0. The number of hydrazine groups is 1. The monoisotopic (exact) mass is 429 g/mol. The minimum Gasteiger partial charge on any atom is -0.272 e. The maximum Gasteiger partial charge on any atom is 0.269 e. The first-order valence-corrected chi connectivity index (χ1v) is 9.65. The van der Waals surface area contributed by atoms with Gasteiger partial charge in [0, 0.05) is 15.4 Å². The van der Waals surface area contributed by atoms with Crippen molar-refractivity contribution in [1.82, 2.24) is 15.8 Å². The zero-order chi connectivity index (χ0) is 18.5. The predicted molar refractivity (Wildman–Crippen MR) is 107 cm³/mol. The average Bonchev–Trinajstić information content (AvgIpc) is 2.65. The fourth-order valence-electron chi connectivity index (χ4n) is 2.37. The van der Waals surface area contributed by atoms with Crippen LogP contribution in [0.3, 0.4) is 0 Å². The van der Waals surface area contributed by atoms with Gasteiger partial charge in [0.1, 0.15) is 0 Å². The summed E-state index contributed by atoms with van der Waals surface area (Å²) in [5.41, 5.74) is 7.31. The van der Waals surface area contributed by atoms with E-state index in [4.69, 9.17) is 0 Å². The molecule has 0 atom stereocenters. The SMILES string of the molecule is Cc1cc(SCC(=O)NNC(=O)c2ccc(Br)cc2)nc2ccccc12. The summed E-state index contributed by atoms with van der Waals surface area (Å²) in [5, 5.41) is 1.87. The zero-order valence-electron chi connectivity index (χ0n) is 14.0. The summed E-state index contributed by atoms with van der Waals surface area (Å²) in [6.45, 7) is 2.02.